The SMILES string of the molecule is COc1cccc(N(C)C(=O)N(C)CCC(=O)O)c1. The summed E-state index contributed by atoms with van der Waals surface area (Å²) in [6, 6.07) is 6.83. The Labute approximate surface area is 112 Å². The number of nitrogens with zero attached hydrogens (tertiary/aromatic N) is 2. The van der Waals surface area contributed by atoms with Crippen LogP contribution in [0.4, 0.5) is 10.5 Å². The molecule has 1 aromatic carbocycles. The minimum Gasteiger partial charge on any atom is -0.497 e. The molecule has 0 aliphatic rings. The van der Waals surface area contributed by atoms with E-state index in [0.717, 1.165) is 0 Å². The third kappa shape index (κ3) is 4.17. The molecule has 6 heteroatoms. The Kier molecular flexibility index (Phi) is 5.17. The monoisotopic (exact) mass is 266 g/mol. The summed E-state index contributed by atoms with van der Waals surface area (Å²) in [5.74, 6) is -0.269. The van der Waals surface area contributed by atoms with Gasteiger partial charge >= 0.3 is 12.0 Å². The van der Waals surface area contributed by atoms with Crippen LogP contribution in [0.15, 0.2) is 24.3 Å². The highest BCUT2D eigenvalue weighted by molar-refractivity contribution is 5.91. The van der Waals surface area contributed by atoms with Crippen LogP contribution in [0, 0.1) is 0 Å². The van der Waals surface area contributed by atoms with E-state index in [1.54, 1.807) is 45.5 Å². The standard InChI is InChI=1S/C13H18N2O4/c1-14(8-7-12(16)17)13(18)15(2)10-5-4-6-11(9-10)19-3/h4-6,9H,7-8H2,1-3H3,(H,16,17). The minimum absolute atomic E-state index is 0.0752. The lowest BCUT2D eigenvalue weighted by Crippen LogP contribution is -2.39. The number of urea groups is 1. The summed E-state index contributed by atoms with van der Waals surface area (Å²) in [5.41, 5.74) is 0.687. The van der Waals surface area contributed by atoms with Gasteiger partial charge in [0.25, 0.3) is 0 Å². The first-order valence-electron chi connectivity index (χ1n) is 5.80. The second-order valence-corrected chi connectivity index (χ2v) is 4.11. The molecule has 1 N–H and O–H groups in total. The number of ether oxygens (including phenoxy) is 1. The number of hydrogen-bond donors (Lipinski definition) is 1. The molecule has 0 atom stereocenters. The molecule has 0 aromatic heterocycles. The maximum absolute atomic E-state index is 12.1. The summed E-state index contributed by atoms with van der Waals surface area (Å²) in [4.78, 5) is 25.4. The number of carbonyl (C=O) groups excluding carboxylic acids is 1. The first-order valence-corrected chi connectivity index (χ1v) is 5.80. The van der Waals surface area contributed by atoms with Crippen LogP contribution in [-0.4, -0.2) is 49.8 Å². The fraction of sp³-hybridized carbons (Fsp3) is 0.385. The van der Waals surface area contributed by atoms with Crippen LogP contribution in [0.3, 0.4) is 0 Å². The molecule has 2 amide bonds. The van der Waals surface area contributed by atoms with Crippen molar-refractivity contribution >= 4 is 17.7 Å². The van der Waals surface area contributed by atoms with Crippen molar-refractivity contribution in [3.8, 4) is 5.75 Å². The summed E-state index contributed by atoms with van der Waals surface area (Å²) >= 11 is 0. The molecular formula is C13H18N2O4. The van der Waals surface area contributed by atoms with Crippen LogP contribution in [0.25, 0.3) is 0 Å². The zero-order valence-electron chi connectivity index (χ0n) is 11.3. The molecule has 1 rings (SSSR count). The van der Waals surface area contributed by atoms with Crippen molar-refractivity contribution in [1.82, 2.24) is 4.90 Å². The number of methoxy groups -OCH3 is 1. The summed E-state index contributed by atoms with van der Waals surface area (Å²) in [7, 11) is 4.76. The Morgan fingerprint density at radius 3 is 2.58 bits per heavy atom. The number of aliphatic carboxylic acids is 1. The molecule has 1 aromatic rings. The van der Waals surface area contributed by atoms with Gasteiger partial charge in [-0.1, -0.05) is 6.07 Å². The highest BCUT2D eigenvalue weighted by Gasteiger charge is 2.16. The van der Waals surface area contributed by atoms with Crippen LogP contribution >= 0.6 is 0 Å². The molecule has 6 nitrogen and oxygen atoms in total. The summed E-state index contributed by atoms with van der Waals surface area (Å²) in [6.07, 6.45) is -0.0752. The molecular weight excluding hydrogens is 248 g/mol. The Morgan fingerprint density at radius 2 is 2.00 bits per heavy atom. The van der Waals surface area contributed by atoms with Crippen LogP contribution in [-0.2, 0) is 4.79 Å². The normalized spacial score (nSPS) is 9.84. The molecule has 0 bridgehead atoms. The van der Waals surface area contributed by atoms with Crippen molar-refractivity contribution in [2.75, 3.05) is 32.6 Å². The lowest BCUT2D eigenvalue weighted by Gasteiger charge is -2.24. The van der Waals surface area contributed by atoms with Gasteiger partial charge in [-0.3, -0.25) is 9.69 Å². The summed E-state index contributed by atoms with van der Waals surface area (Å²) in [6.45, 7) is 0.169. The Balaban J connectivity index is 2.72. The molecule has 0 spiro atoms. The van der Waals surface area contributed by atoms with Gasteiger partial charge in [0.05, 0.1) is 13.5 Å². The number of benzene rings is 1. The fourth-order valence-corrected chi connectivity index (χ4v) is 1.54. The van der Waals surface area contributed by atoms with Crippen molar-refractivity contribution in [3.05, 3.63) is 24.3 Å². The van der Waals surface area contributed by atoms with E-state index in [1.165, 1.54) is 9.80 Å². The molecule has 0 aliphatic heterocycles. The van der Waals surface area contributed by atoms with Crippen LogP contribution in [0.2, 0.25) is 0 Å². The first-order chi connectivity index (χ1) is 8.95. The van der Waals surface area contributed by atoms with Gasteiger partial charge in [0, 0.05) is 32.4 Å². The third-order valence-electron chi connectivity index (χ3n) is 2.72. The van der Waals surface area contributed by atoms with E-state index in [0.29, 0.717) is 11.4 Å². The number of rotatable bonds is 5. The van der Waals surface area contributed by atoms with E-state index in [4.69, 9.17) is 9.84 Å². The van der Waals surface area contributed by atoms with E-state index in [9.17, 15) is 9.59 Å². The van der Waals surface area contributed by atoms with Crippen molar-refractivity contribution in [2.45, 2.75) is 6.42 Å². The Hall–Kier alpha value is -2.24. The van der Waals surface area contributed by atoms with Crippen molar-refractivity contribution in [2.24, 2.45) is 0 Å². The predicted octanol–water partition coefficient (Wildman–Crippen LogP) is 1.66. The van der Waals surface area contributed by atoms with Crippen LogP contribution in [0.1, 0.15) is 6.42 Å². The second kappa shape index (κ2) is 6.63. The average Bonchev–Trinajstić information content (AvgIpc) is 2.43. The number of anilines is 1. The highest BCUT2D eigenvalue weighted by Crippen LogP contribution is 2.20. The maximum Gasteiger partial charge on any atom is 0.323 e. The number of carboxylic acids is 1. The van der Waals surface area contributed by atoms with E-state index in [-0.39, 0.29) is 19.0 Å². The van der Waals surface area contributed by atoms with Gasteiger partial charge in [0.1, 0.15) is 5.75 Å². The largest absolute Gasteiger partial charge is 0.497 e. The minimum atomic E-state index is -0.927. The van der Waals surface area contributed by atoms with E-state index < -0.39 is 5.97 Å². The number of carbonyl (C=O) groups is 2. The Morgan fingerprint density at radius 1 is 1.32 bits per heavy atom. The van der Waals surface area contributed by atoms with Gasteiger partial charge in [-0.25, -0.2) is 4.79 Å². The number of hydrogen-bond acceptors (Lipinski definition) is 3. The third-order valence-corrected chi connectivity index (χ3v) is 2.72. The summed E-state index contributed by atoms with van der Waals surface area (Å²) < 4.78 is 5.09. The van der Waals surface area contributed by atoms with Crippen molar-refractivity contribution in [1.29, 1.82) is 0 Å². The van der Waals surface area contributed by atoms with Gasteiger partial charge in [-0.2, -0.15) is 0 Å². The predicted molar refractivity (Wildman–Crippen MR) is 71.7 cm³/mol. The van der Waals surface area contributed by atoms with Crippen molar-refractivity contribution < 1.29 is 19.4 Å². The van der Waals surface area contributed by atoms with Crippen molar-refractivity contribution in [3.63, 3.8) is 0 Å². The Bertz CT molecular complexity index is 462. The van der Waals surface area contributed by atoms with Crippen LogP contribution < -0.4 is 9.64 Å². The zero-order chi connectivity index (χ0) is 14.4. The lowest BCUT2D eigenvalue weighted by molar-refractivity contribution is -0.137. The first kappa shape index (κ1) is 14.8. The highest BCUT2D eigenvalue weighted by atomic mass is 16.5. The lowest BCUT2D eigenvalue weighted by atomic mass is 10.3. The number of carboxylic acid groups (broad SMARTS) is 1. The molecule has 0 unspecified atom stereocenters. The maximum atomic E-state index is 12.1. The summed E-state index contributed by atoms with van der Waals surface area (Å²) in [5, 5.41) is 8.60. The second-order valence-electron chi connectivity index (χ2n) is 4.11. The van der Waals surface area contributed by atoms with E-state index in [2.05, 4.69) is 0 Å². The average molecular weight is 266 g/mol. The van der Waals surface area contributed by atoms with Gasteiger partial charge < -0.3 is 14.7 Å². The quantitative estimate of drug-likeness (QED) is 0.879. The van der Waals surface area contributed by atoms with E-state index in [1.807, 2.05) is 0 Å². The molecule has 104 valence electrons. The molecule has 0 aliphatic carbocycles. The van der Waals surface area contributed by atoms with E-state index >= 15 is 0 Å². The topological polar surface area (TPSA) is 70.1 Å². The molecule has 0 saturated carbocycles. The molecule has 0 heterocycles. The molecule has 0 fully saturated rings. The smallest absolute Gasteiger partial charge is 0.323 e. The molecule has 0 radical (unpaired) electrons. The molecule has 0 saturated heterocycles. The number of amides is 2. The van der Waals surface area contributed by atoms with Crippen LogP contribution in [0.5, 0.6) is 5.75 Å². The zero-order valence-corrected chi connectivity index (χ0v) is 11.3. The molecule has 19 heavy (non-hydrogen) atoms. The van der Waals surface area contributed by atoms with Gasteiger partial charge in [-0.15, -0.1) is 0 Å². The van der Waals surface area contributed by atoms with Gasteiger partial charge in [0.2, 0.25) is 0 Å². The van der Waals surface area contributed by atoms with Gasteiger partial charge in [-0.05, 0) is 12.1 Å². The fourth-order valence-electron chi connectivity index (χ4n) is 1.54. The van der Waals surface area contributed by atoms with Gasteiger partial charge in [0.15, 0.2) is 0 Å².